The van der Waals surface area contributed by atoms with Gasteiger partial charge >= 0.3 is 0 Å². The highest BCUT2D eigenvalue weighted by Gasteiger charge is 2.13. The lowest BCUT2D eigenvalue weighted by atomic mass is 10.0. The molecule has 0 fully saturated rings. The summed E-state index contributed by atoms with van der Waals surface area (Å²) in [6, 6.07) is 13.5. The quantitative estimate of drug-likeness (QED) is 0.839. The standard InChI is InChI=1S/C15H14Br2O2/c1-19-11-6-7-13(16)10(8-11)9-15(18)12-4-2-3-5-14(12)17/h2-8,15,18H,9H2,1H3. The molecular weight excluding hydrogens is 372 g/mol. The molecule has 0 aliphatic carbocycles. The summed E-state index contributed by atoms with van der Waals surface area (Å²) in [7, 11) is 1.64. The summed E-state index contributed by atoms with van der Waals surface area (Å²) in [5, 5.41) is 10.4. The fourth-order valence-electron chi connectivity index (χ4n) is 1.90. The second-order valence-electron chi connectivity index (χ2n) is 4.20. The maximum Gasteiger partial charge on any atom is 0.119 e. The van der Waals surface area contributed by atoms with E-state index in [-0.39, 0.29) is 0 Å². The van der Waals surface area contributed by atoms with Gasteiger partial charge < -0.3 is 9.84 Å². The van der Waals surface area contributed by atoms with E-state index in [0.29, 0.717) is 6.42 Å². The first-order valence-corrected chi connectivity index (χ1v) is 7.45. The van der Waals surface area contributed by atoms with Crippen molar-refractivity contribution in [1.29, 1.82) is 0 Å². The molecule has 0 saturated carbocycles. The van der Waals surface area contributed by atoms with Gasteiger partial charge in [0.15, 0.2) is 0 Å². The second kappa shape index (κ2) is 6.55. The van der Waals surface area contributed by atoms with Gasteiger partial charge in [0.2, 0.25) is 0 Å². The normalized spacial score (nSPS) is 12.2. The number of ether oxygens (including phenoxy) is 1. The zero-order valence-corrected chi connectivity index (χ0v) is 13.6. The Morgan fingerprint density at radius 3 is 2.53 bits per heavy atom. The third kappa shape index (κ3) is 3.59. The SMILES string of the molecule is COc1ccc(Br)c(CC(O)c2ccccc2Br)c1. The highest BCUT2D eigenvalue weighted by molar-refractivity contribution is 9.10. The Balaban J connectivity index is 2.24. The Morgan fingerprint density at radius 2 is 1.84 bits per heavy atom. The molecule has 1 unspecified atom stereocenters. The molecule has 2 aromatic carbocycles. The molecule has 1 N–H and O–H groups in total. The fourth-order valence-corrected chi connectivity index (χ4v) is 2.86. The van der Waals surface area contributed by atoms with Gasteiger partial charge in [0.25, 0.3) is 0 Å². The van der Waals surface area contributed by atoms with Crippen LogP contribution in [-0.4, -0.2) is 12.2 Å². The van der Waals surface area contributed by atoms with Crippen molar-refractivity contribution in [2.24, 2.45) is 0 Å². The number of aliphatic hydroxyl groups excluding tert-OH is 1. The summed E-state index contributed by atoms with van der Waals surface area (Å²) < 4.78 is 7.10. The minimum atomic E-state index is -0.556. The Kier molecular flexibility index (Phi) is 5.02. The van der Waals surface area contributed by atoms with Crippen LogP contribution in [0.3, 0.4) is 0 Å². The summed E-state index contributed by atoms with van der Waals surface area (Å²) in [6.45, 7) is 0. The van der Waals surface area contributed by atoms with Gasteiger partial charge in [-0.05, 0) is 35.4 Å². The zero-order chi connectivity index (χ0) is 13.8. The highest BCUT2D eigenvalue weighted by Crippen LogP contribution is 2.30. The molecule has 4 heteroatoms. The van der Waals surface area contributed by atoms with Crippen LogP contribution in [0.2, 0.25) is 0 Å². The molecule has 1 atom stereocenters. The van der Waals surface area contributed by atoms with E-state index in [2.05, 4.69) is 31.9 Å². The van der Waals surface area contributed by atoms with Gasteiger partial charge in [0.05, 0.1) is 13.2 Å². The summed E-state index contributed by atoms with van der Waals surface area (Å²) in [5.74, 6) is 0.789. The minimum Gasteiger partial charge on any atom is -0.497 e. The molecular formula is C15H14Br2O2. The number of halogens is 2. The Labute approximate surface area is 129 Å². The van der Waals surface area contributed by atoms with Crippen molar-refractivity contribution >= 4 is 31.9 Å². The third-order valence-electron chi connectivity index (χ3n) is 2.93. The average Bonchev–Trinajstić information content (AvgIpc) is 2.41. The van der Waals surface area contributed by atoms with E-state index in [9.17, 15) is 5.11 Å². The maximum absolute atomic E-state index is 10.4. The van der Waals surface area contributed by atoms with Crippen molar-refractivity contribution < 1.29 is 9.84 Å². The van der Waals surface area contributed by atoms with Crippen LogP contribution in [0.5, 0.6) is 5.75 Å². The van der Waals surface area contributed by atoms with Crippen LogP contribution >= 0.6 is 31.9 Å². The van der Waals surface area contributed by atoms with Crippen LogP contribution < -0.4 is 4.74 Å². The first kappa shape index (κ1) is 14.6. The van der Waals surface area contributed by atoms with E-state index >= 15 is 0 Å². The van der Waals surface area contributed by atoms with E-state index in [1.807, 2.05) is 42.5 Å². The molecule has 0 aliphatic rings. The van der Waals surface area contributed by atoms with E-state index in [1.54, 1.807) is 7.11 Å². The number of hydrogen-bond donors (Lipinski definition) is 1. The molecule has 0 amide bonds. The number of aliphatic hydroxyl groups is 1. The lowest BCUT2D eigenvalue weighted by molar-refractivity contribution is 0.177. The zero-order valence-electron chi connectivity index (χ0n) is 10.4. The number of hydrogen-bond acceptors (Lipinski definition) is 2. The highest BCUT2D eigenvalue weighted by atomic mass is 79.9. The summed E-state index contributed by atoms with van der Waals surface area (Å²) in [5.41, 5.74) is 1.90. The largest absolute Gasteiger partial charge is 0.497 e. The first-order valence-electron chi connectivity index (χ1n) is 5.86. The predicted octanol–water partition coefficient (Wildman–Crippen LogP) is 4.50. The Bertz CT molecular complexity index is 570. The second-order valence-corrected chi connectivity index (χ2v) is 5.91. The first-order chi connectivity index (χ1) is 9.11. The smallest absolute Gasteiger partial charge is 0.119 e. The molecule has 2 aromatic rings. The maximum atomic E-state index is 10.4. The minimum absolute atomic E-state index is 0.528. The lowest BCUT2D eigenvalue weighted by Crippen LogP contribution is -2.03. The van der Waals surface area contributed by atoms with Gasteiger partial charge in [-0.25, -0.2) is 0 Å². The van der Waals surface area contributed by atoms with Crippen molar-refractivity contribution in [1.82, 2.24) is 0 Å². The van der Waals surface area contributed by atoms with Crippen LogP contribution in [-0.2, 0) is 6.42 Å². The lowest BCUT2D eigenvalue weighted by Gasteiger charge is -2.14. The Hall–Kier alpha value is -0.840. The van der Waals surface area contributed by atoms with Crippen LogP contribution in [0, 0.1) is 0 Å². The van der Waals surface area contributed by atoms with Crippen molar-refractivity contribution in [3.63, 3.8) is 0 Å². The molecule has 0 spiro atoms. The van der Waals surface area contributed by atoms with Crippen molar-refractivity contribution in [2.75, 3.05) is 7.11 Å². The summed E-state index contributed by atoms with van der Waals surface area (Å²) in [4.78, 5) is 0. The molecule has 100 valence electrons. The molecule has 0 radical (unpaired) electrons. The van der Waals surface area contributed by atoms with Gasteiger partial charge in [-0.15, -0.1) is 0 Å². The van der Waals surface area contributed by atoms with Crippen molar-refractivity contribution in [3.05, 3.63) is 62.5 Å². The molecule has 2 rings (SSSR count). The van der Waals surface area contributed by atoms with E-state index < -0.39 is 6.10 Å². The fraction of sp³-hybridized carbons (Fsp3) is 0.200. The molecule has 0 aliphatic heterocycles. The molecule has 0 bridgehead atoms. The predicted molar refractivity (Wildman–Crippen MR) is 83.5 cm³/mol. The number of benzene rings is 2. The van der Waals surface area contributed by atoms with Crippen LogP contribution in [0.15, 0.2) is 51.4 Å². The molecule has 0 aromatic heterocycles. The molecule has 19 heavy (non-hydrogen) atoms. The monoisotopic (exact) mass is 384 g/mol. The summed E-state index contributed by atoms with van der Waals surface area (Å²) in [6.07, 6.45) is -0.0283. The van der Waals surface area contributed by atoms with Crippen LogP contribution in [0.25, 0.3) is 0 Å². The van der Waals surface area contributed by atoms with E-state index in [1.165, 1.54) is 0 Å². The Morgan fingerprint density at radius 1 is 1.11 bits per heavy atom. The van der Waals surface area contributed by atoms with Crippen molar-refractivity contribution in [2.45, 2.75) is 12.5 Å². The van der Waals surface area contributed by atoms with Crippen LogP contribution in [0.1, 0.15) is 17.2 Å². The molecule has 0 saturated heterocycles. The average molecular weight is 386 g/mol. The number of rotatable bonds is 4. The van der Waals surface area contributed by atoms with Crippen molar-refractivity contribution in [3.8, 4) is 5.75 Å². The van der Waals surface area contributed by atoms with Gasteiger partial charge in [0, 0.05) is 15.4 Å². The van der Waals surface area contributed by atoms with E-state index in [4.69, 9.17) is 4.74 Å². The third-order valence-corrected chi connectivity index (χ3v) is 4.43. The molecule has 0 heterocycles. The van der Waals surface area contributed by atoms with Crippen LogP contribution in [0.4, 0.5) is 0 Å². The number of methoxy groups -OCH3 is 1. The van der Waals surface area contributed by atoms with Gasteiger partial charge in [0.1, 0.15) is 5.75 Å². The van der Waals surface area contributed by atoms with Gasteiger partial charge in [-0.1, -0.05) is 50.1 Å². The topological polar surface area (TPSA) is 29.5 Å². The summed E-state index contributed by atoms with van der Waals surface area (Å²) >= 11 is 6.96. The van der Waals surface area contributed by atoms with Gasteiger partial charge in [-0.2, -0.15) is 0 Å². The van der Waals surface area contributed by atoms with Gasteiger partial charge in [-0.3, -0.25) is 0 Å². The van der Waals surface area contributed by atoms with E-state index in [0.717, 1.165) is 25.8 Å². The molecule has 2 nitrogen and oxygen atoms in total.